The minimum Gasteiger partial charge on any atom is -0.496 e. The Morgan fingerprint density at radius 1 is 1.03 bits per heavy atom. The van der Waals surface area contributed by atoms with Crippen molar-refractivity contribution in [3.05, 3.63) is 72.1 Å². The number of amides is 1. The van der Waals surface area contributed by atoms with Crippen LogP contribution in [0.1, 0.15) is 21.0 Å². The molecule has 8 nitrogen and oxygen atoms in total. The molecule has 4 rings (SSSR count). The van der Waals surface area contributed by atoms with E-state index in [0.717, 1.165) is 16.9 Å². The molecule has 0 aliphatic rings. The Balaban J connectivity index is 1.67. The van der Waals surface area contributed by atoms with Gasteiger partial charge in [0.25, 0.3) is 5.91 Å². The predicted molar refractivity (Wildman–Crippen MR) is 122 cm³/mol. The molecule has 0 radical (unpaired) electrons. The van der Waals surface area contributed by atoms with Crippen molar-refractivity contribution in [1.29, 1.82) is 0 Å². The van der Waals surface area contributed by atoms with Gasteiger partial charge >= 0.3 is 5.97 Å². The zero-order valence-electron chi connectivity index (χ0n) is 17.7. The van der Waals surface area contributed by atoms with Gasteiger partial charge in [0.1, 0.15) is 11.4 Å². The van der Waals surface area contributed by atoms with Crippen molar-refractivity contribution in [2.24, 2.45) is 7.05 Å². The quantitative estimate of drug-likeness (QED) is 0.443. The summed E-state index contributed by atoms with van der Waals surface area (Å²) in [5.74, 6) is -0.410. The number of carbonyl (C=O) groups excluding carboxylic acids is 2. The summed E-state index contributed by atoms with van der Waals surface area (Å²) in [5.41, 5.74) is 2.73. The van der Waals surface area contributed by atoms with Crippen molar-refractivity contribution in [1.82, 2.24) is 14.8 Å². The Kier molecular flexibility index (Phi) is 6.00. The SMILES string of the molecule is COC(=O)c1nc(NC(=O)c2cc(-c3ccccc3)nn2C)sc1-c1ccccc1OC. The van der Waals surface area contributed by atoms with Crippen LogP contribution in [0.15, 0.2) is 60.7 Å². The molecule has 0 aliphatic carbocycles. The number of benzene rings is 2. The van der Waals surface area contributed by atoms with Crippen LogP contribution in [0.3, 0.4) is 0 Å². The van der Waals surface area contributed by atoms with E-state index in [9.17, 15) is 9.59 Å². The number of nitrogens with zero attached hydrogens (tertiary/aromatic N) is 3. The van der Waals surface area contributed by atoms with E-state index >= 15 is 0 Å². The molecule has 1 amide bonds. The predicted octanol–water partition coefficient (Wildman–Crippen LogP) is 4.26. The minimum absolute atomic E-state index is 0.104. The van der Waals surface area contributed by atoms with Gasteiger partial charge in [-0.2, -0.15) is 5.10 Å². The largest absolute Gasteiger partial charge is 0.496 e. The van der Waals surface area contributed by atoms with Gasteiger partial charge < -0.3 is 9.47 Å². The van der Waals surface area contributed by atoms with Crippen LogP contribution in [0.2, 0.25) is 0 Å². The fourth-order valence-corrected chi connectivity index (χ4v) is 4.19. The number of hydrogen-bond donors (Lipinski definition) is 1. The van der Waals surface area contributed by atoms with Crippen LogP contribution in [0.5, 0.6) is 5.75 Å². The number of rotatable bonds is 6. The maximum absolute atomic E-state index is 13.0. The lowest BCUT2D eigenvalue weighted by atomic mass is 10.1. The smallest absolute Gasteiger partial charge is 0.358 e. The topological polar surface area (TPSA) is 95.3 Å². The van der Waals surface area contributed by atoms with Gasteiger partial charge in [-0.3, -0.25) is 14.8 Å². The van der Waals surface area contributed by atoms with Gasteiger partial charge in [-0.1, -0.05) is 53.8 Å². The van der Waals surface area contributed by atoms with Crippen molar-refractivity contribution in [2.75, 3.05) is 19.5 Å². The normalized spacial score (nSPS) is 10.6. The number of esters is 1. The number of methoxy groups -OCH3 is 2. The number of carbonyl (C=O) groups is 2. The molecule has 0 aliphatic heterocycles. The molecular formula is C23H20N4O4S. The van der Waals surface area contributed by atoms with E-state index < -0.39 is 5.97 Å². The standard InChI is InChI=1S/C23H20N4O4S/c1-27-17(13-16(26-27)14-9-5-4-6-10-14)21(28)25-23-24-19(22(29)31-3)20(32-23)15-11-7-8-12-18(15)30-2/h4-13H,1-3H3,(H,24,25,28). The fourth-order valence-electron chi connectivity index (χ4n) is 3.21. The molecule has 2 heterocycles. The summed E-state index contributed by atoms with van der Waals surface area (Å²) in [5, 5.41) is 7.46. The molecule has 0 fully saturated rings. The molecule has 0 unspecified atom stereocenters. The maximum Gasteiger partial charge on any atom is 0.358 e. The van der Waals surface area contributed by atoms with E-state index in [1.165, 1.54) is 11.8 Å². The van der Waals surface area contributed by atoms with E-state index in [0.29, 0.717) is 27.6 Å². The van der Waals surface area contributed by atoms with Gasteiger partial charge in [0.15, 0.2) is 10.8 Å². The summed E-state index contributed by atoms with van der Waals surface area (Å²) in [7, 11) is 4.53. The molecular weight excluding hydrogens is 428 g/mol. The maximum atomic E-state index is 13.0. The highest BCUT2D eigenvalue weighted by molar-refractivity contribution is 7.19. The lowest BCUT2D eigenvalue weighted by Gasteiger charge is -2.06. The monoisotopic (exact) mass is 448 g/mol. The van der Waals surface area contributed by atoms with Gasteiger partial charge in [-0.05, 0) is 18.2 Å². The summed E-state index contributed by atoms with van der Waals surface area (Å²) in [4.78, 5) is 30.2. The highest BCUT2D eigenvalue weighted by Gasteiger charge is 2.24. The third-order valence-electron chi connectivity index (χ3n) is 4.76. The van der Waals surface area contributed by atoms with Crippen LogP contribution in [-0.2, 0) is 11.8 Å². The molecule has 0 spiro atoms. The van der Waals surface area contributed by atoms with E-state index in [1.54, 1.807) is 26.3 Å². The summed E-state index contributed by atoms with van der Waals surface area (Å²) in [6.45, 7) is 0. The van der Waals surface area contributed by atoms with Gasteiger partial charge in [0.2, 0.25) is 0 Å². The molecule has 0 saturated carbocycles. The number of thiazole rings is 1. The van der Waals surface area contributed by atoms with Crippen molar-refractivity contribution < 1.29 is 19.1 Å². The first-order valence-electron chi connectivity index (χ1n) is 9.65. The molecule has 1 N–H and O–H groups in total. The Bertz CT molecular complexity index is 1280. The fraction of sp³-hybridized carbons (Fsp3) is 0.130. The first kappa shape index (κ1) is 21.3. The first-order valence-corrected chi connectivity index (χ1v) is 10.5. The van der Waals surface area contributed by atoms with Gasteiger partial charge in [-0.15, -0.1) is 0 Å². The second-order valence-electron chi connectivity index (χ2n) is 6.75. The highest BCUT2D eigenvalue weighted by Crippen LogP contribution is 2.38. The summed E-state index contributed by atoms with van der Waals surface area (Å²) >= 11 is 1.16. The molecule has 2 aromatic heterocycles. The summed E-state index contributed by atoms with van der Waals surface area (Å²) in [6.07, 6.45) is 0. The molecule has 0 bridgehead atoms. The van der Waals surface area contributed by atoms with Crippen molar-refractivity contribution in [3.63, 3.8) is 0 Å². The second-order valence-corrected chi connectivity index (χ2v) is 7.75. The van der Waals surface area contributed by atoms with E-state index in [2.05, 4.69) is 15.4 Å². The summed E-state index contributed by atoms with van der Waals surface area (Å²) in [6, 6.07) is 18.6. The average Bonchev–Trinajstić information content (AvgIpc) is 3.42. The van der Waals surface area contributed by atoms with Crippen molar-refractivity contribution in [3.8, 4) is 27.4 Å². The highest BCUT2D eigenvalue weighted by atomic mass is 32.1. The van der Waals surface area contributed by atoms with Crippen LogP contribution in [0, 0.1) is 0 Å². The zero-order valence-corrected chi connectivity index (χ0v) is 18.5. The number of anilines is 1. The minimum atomic E-state index is -0.602. The Morgan fingerprint density at radius 3 is 2.47 bits per heavy atom. The zero-order chi connectivity index (χ0) is 22.7. The number of nitrogens with one attached hydrogen (secondary N) is 1. The third kappa shape index (κ3) is 4.10. The number of hydrogen-bond acceptors (Lipinski definition) is 7. The molecule has 4 aromatic rings. The Morgan fingerprint density at radius 2 is 1.75 bits per heavy atom. The molecule has 162 valence electrons. The van der Waals surface area contributed by atoms with Crippen LogP contribution in [0.4, 0.5) is 5.13 Å². The van der Waals surface area contributed by atoms with Crippen molar-refractivity contribution in [2.45, 2.75) is 0 Å². The molecule has 2 aromatic carbocycles. The Labute approximate surface area is 188 Å². The van der Waals surface area contributed by atoms with Crippen LogP contribution in [-0.4, -0.2) is 40.9 Å². The summed E-state index contributed by atoms with van der Waals surface area (Å²) < 4.78 is 11.8. The van der Waals surface area contributed by atoms with Gasteiger partial charge in [-0.25, -0.2) is 9.78 Å². The average molecular weight is 449 g/mol. The first-order chi connectivity index (χ1) is 15.5. The lowest BCUT2D eigenvalue weighted by molar-refractivity contribution is 0.0595. The van der Waals surface area contributed by atoms with Gasteiger partial charge in [0.05, 0.1) is 24.8 Å². The van der Waals surface area contributed by atoms with Crippen LogP contribution >= 0.6 is 11.3 Å². The molecule has 9 heteroatoms. The lowest BCUT2D eigenvalue weighted by Crippen LogP contribution is -2.16. The number of aryl methyl sites for hydroxylation is 1. The molecule has 0 atom stereocenters. The van der Waals surface area contributed by atoms with Crippen LogP contribution < -0.4 is 10.1 Å². The van der Waals surface area contributed by atoms with Crippen molar-refractivity contribution >= 4 is 28.3 Å². The number of ether oxygens (including phenoxy) is 2. The molecule has 0 saturated heterocycles. The van der Waals surface area contributed by atoms with Gasteiger partial charge in [0, 0.05) is 18.2 Å². The van der Waals surface area contributed by atoms with E-state index in [1.807, 2.05) is 48.5 Å². The van der Waals surface area contributed by atoms with Crippen LogP contribution in [0.25, 0.3) is 21.7 Å². The third-order valence-corrected chi connectivity index (χ3v) is 5.76. The number of para-hydroxylation sites is 1. The molecule has 32 heavy (non-hydrogen) atoms. The Hall–Kier alpha value is -3.98. The van der Waals surface area contributed by atoms with E-state index in [4.69, 9.17) is 9.47 Å². The van der Waals surface area contributed by atoms with E-state index in [-0.39, 0.29) is 16.7 Å². The number of aromatic nitrogens is 3. The second kappa shape index (κ2) is 9.03.